The van der Waals surface area contributed by atoms with Crippen molar-refractivity contribution in [3.8, 4) is 0 Å². The van der Waals surface area contributed by atoms with Crippen molar-refractivity contribution in [3.63, 3.8) is 0 Å². The Kier molecular flexibility index (Phi) is 3.13. The summed E-state index contributed by atoms with van der Waals surface area (Å²) in [6.45, 7) is 2.86. The highest BCUT2D eigenvalue weighted by molar-refractivity contribution is 6.32. The Morgan fingerprint density at radius 2 is 1.44 bits per heavy atom. The number of allylic oxidation sites excluding steroid dienone is 3. The van der Waals surface area contributed by atoms with Crippen LogP contribution in [0.2, 0.25) is 0 Å². The number of aliphatic hydroxyl groups excluding tert-OH is 1. The van der Waals surface area contributed by atoms with E-state index in [4.69, 9.17) is 4.11 Å². The fraction of sp³-hybridized carbons (Fsp3) is 0.250. The predicted molar refractivity (Wildman–Crippen MR) is 59.7 cm³/mol. The summed E-state index contributed by atoms with van der Waals surface area (Å²) in [7, 11) is 0. The molecule has 1 unspecified atom stereocenters. The molecule has 0 saturated carbocycles. The number of aliphatic hydroxyl groups is 1. The van der Waals surface area contributed by atoms with Crippen molar-refractivity contribution >= 4 is 17.3 Å². The molecule has 0 aromatic carbocycles. The van der Waals surface area contributed by atoms with Crippen molar-refractivity contribution in [2.45, 2.75) is 13.0 Å². The first-order valence-corrected chi connectivity index (χ1v) is 4.35. The van der Waals surface area contributed by atoms with E-state index in [1.165, 1.54) is 0 Å². The molecule has 0 aromatic heterocycles. The maximum absolute atomic E-state index is 11.9. The van der Waals surface area contributed by atoms with Gasteiger partial charge in [0.05, 0.1) is 10.2 Å². The molecule has 0 fully saturated rings. The van der Waals surface area contributed by atoms with Gasteiger partial charge in [-0.1, -0.05) is 19.7 Å². The molecule has 0 aromatic rings. The summed E-state index contributed by atoms with van der Waals surface area (Å²) in [5, 5.41) is 9.71. The number of carbonyl (C=O) groups excluding carboxylic acids is 3. The topological polar surface area (TPSA) is 71.4 Å². The molecule has 16 heavy (non-hydrogen) atoms. The zero-order valence-electron chi connectivity index (χ0n) is 11.7. The second-order valence-electron chi connectivity index (χ2n) is 3.08. The van der Waals surface area contributed by atoms with Crippen LogP contribution in [0.5, 0.6) is 0 Å². The summed E-state index contributed by atoms with van der Waals surface area (Å²) >= 11 is 0. The molecule has 86 valence electrons. The minimum atomic E-state index is -2.45. The van der Waals surface area contributed by atoms with Crippen LogP contribution >= 0.6 is 0 Å². The SMILES string of the molecule is [2H]C=CC(=O)C(C(=O)C=C[2H])(C(=O)C=C[2H])C(C)O. The van der Waals surface area contributed by atoms with Gasteiger partial charge in [0.1, 0.15) is 0 Å². The summed E-state index contributed by atoms with van der Waals surface area (Å²) in [4.78, 5) is 35.8. The van der Waals surface area contributed by atoms with Gasteiger partial charge >= 0.3 is 0 Å². The molecule has 0 aliphatic carbocycles. The smallest absolute Gasteiger partial charge is 0.182 e. The van der Waals surface area contributed by atoms with Gasteiger partial charge in [0.25, 0.3) is 0 Å². The first-order valence-electron chi connectivity index (χ1n) is 6.08. The minimum absolute atomic E-state index is 0.592. The van der Waals surface area contributed by atoms with Crippen LogP contribution in [0, 0.1) is 5.41 Å². The normalized spacial score (nSPS) is 17.2. The zero-order chi connectivity index (χ0) is 15.1. The highest BCUT2D eigenvalue weighted by Crippen LogP contribution is 2.28. The highest BCUT2D eigenvalue weighted by Gasteiger charge is 2.52. The van der Waals surface area contributed by atoms with Gasteiger partial charge < -0.3 is 5.11 Å². The van der Waals surface area contributed by atoms with Gasteiger partial charge in [-0.3, -0.25) is 14.4 Å². The fourth-order valence-corrected chi connectivity index (χ4v) is 1.38. The molecule has 0 radical (unpaired) electrons. The Labute approximate surface area is 98.2 Å². The van der Waals surface area contributed by atoms with E-state index >= 15 is 0 Å². The molecule has 0 rings (SSSR count). The zero-order valence-corrected chi connectivity index (χ0v) is 8.71. The predicted octanol–water partition coefficient (Wildman–Crippen LogP) is 0.619. The first-order chi connectivity index (χ1) is 8.89. The lowest BCUT2D eigenvalue weighted by atomic mass is 9.71. The number of ketones is 3. The van der Waals surface area contributed by atoms with Crippen molar-refractivity contribution in [1.29, 1.82) is 0 Å². The third-order valence-corrected chi connectivity index (χ3v) is 2.25. The molecular formula is C12H14O4. The first kappa shape index (κ1) is 9.42. The fourth-order valence-electron chi connectivity index (χ4n) is 1.38. The molecule has 0 aliphatic heterocycles. The van der Waals surface area contributed by atoms with E-state index in [9.17, 15) is 19.5 Å². The number of carbonyl (C=O) groups is 3. The Hall–Kier alpha value is -1.81. The van der Waals surface area contributed by atoms with Crippen LogP contribution in [-0.2, 0) is 14.4 Å². The maximum atomic E-state index is 11.9. The van der Waals surface area contributed by atoms with Gasteiger partial charge in [-0.15, -0.1) is 0 Å². The summed E-state index contributed by atoms with van der Waals surface area (Å²) in [6, 6.07) is 0. The maximum Gasteiger partial charge on any atom is 0.182 e. The van der Waals surface area contributed by atoms with Crippen molar-refractivity contribution in [3.05, 3.63) is 37.9 Å². The van der Waals surface area contributed by atoms with Crippen LogP contribution in [-0.4, -0.2) is 28.6 Å². The minimum Gasteiger partial charge on any atom is -0.391 e. The lowest BCUT2D eigenvalue weighted by Crippen LogP contribution is -2.52. The molecule has 1 N–H and O–H groups in total. The van der Waals surface area contributed by atoms with Crippen molar-refractivity contribution in [2.75, 3.05) is 0 Å². The average molecular weight is 225 g/mol. The Bertz CT molecular complexity index is 390. The van der Waals surface area contributed by atoms with Gasteiger partial charge in [0, 0.05) is 0 Å². The number of hydrogen-bond acceptors (Lipinski definition) is 4. The molecule has 0 aliphatic rings. The van der Waals surface area contributed by atoms with E-state index < -0.39 is 28.9 Å². The van der Waals surface area contributed by atoms with Crippen LogP contribution in [0.15, 0.2) is 37.9 Å². The molecule has 4 nitrogen and oxygen atoms in total. The van der Waals surface area contributed by atoms with Crippen LogP contribution < -0.4 is 0 Å². The third kappa shape index (κ3) is 1.92. The van der Waals surface area contributed by atoms with E-state index in [2.05, 4.69) is 0 Å². The van der Waals surface area contributed by atoms with Gasteiger partial charge in [0.15, 0.2) is 22.8 Å². The summed E-state index contributed by atoms with van der Waals surface area (Å²) in [6.07, 6.45) is 0.373. The quantitative estimate of drug-likeness (QED) is 0.509. The lowest BCUT2D eigenvalue weighted by molar-refractivity contribution is -0.149. The van der Waals surface area contributed by atoms with E-state index in [-0.39, 0.29) is 0 Å². The third-order valence-electron chi connectivity index (χ3n) is 2.25. The standard InChI is InChI=1S/C12H14O4/c1-5-9(14)12(8(4)13,10(15)6-2)11(16)7-3/h5-8,13H,1-3H2,4H3/i1D,2D,3D. The number of rotatable bonds is 7. The van der Waals surface area contributed by atoms with E-state index in [0.717, 1.165) is 6.92 Å². The molecular weight excluding hydrogens is 208 g/mol. The second-order valence-corrected chi connectivity index (χ2v) is 3.08. The Morgan fingerprint density at radius 1 is 1.12 bits per heavy atom. The molecule has 4 heteroatoms. The van der Waals surface area contributed by atoms with Crippen LogP contribution in [0.4, 0.5) is 0 Å². The molecule has 0 heterocycles. The van der Waals surface area contributed by atoms with E-state index in [0.29, 0.717) is 37.9 Å². The van der Waals surface area contributed by atoms with Crippen molar-refractivity contribution in [1.82, 2.24) is 0 Å². The molecule has 0 amide bonds. The number of hydrogen-bond donors (Lipinski definition) is 1. The van der Waals surface area contributed by atoms with Crippen LogP contribution in [0.1, 0.15) is 11.0 Å². The van der Waals surface area contributed by atoms with Crippen LogP contribution in [0.25, 0.3) is 0 Å². The van der Waals surface area contributed by atoms with E-state index in [1.54, 1.807) is 0 Å². The lowest BCUT2D eigenvalue weighted by Gasteiger charge is -2.28. The van der Waals surface area contributed by atoms with Gasteiger partial charge in [-0.25, -0.2) is 0 Å². The largest absolute Gasteiger partial charge is 0.391 e. The Balaban J connectivity index is 6.11. The van der Waals surface area contributed by atoms with Crippen molar-refractivity contribution in [2.24, 2.45) is 5.41 Å². The molecule has 1 atom stereocenters. The average Bonchev–Trinajstić information content (AvgIpc) is 2.30. The van der Waals surface area contributed by atoms with Crippen molar-refractivity contribution < 1.29 is 23.6 Å². The van der Waals surface area contributed by atoms with Gasteiger partial charge in [0.2, 0.25) is 0 Å². The van der Waals surface area contributed by atoms with Gasteiger partial charge in [-0.05, 0) is 25.2 Å². The molecule has 0 spiro atoms. The second kappa shape index (κ2) is 5.32. The summed E-state index contributed by atoms with van der Waals surface area (Å²) in [5.74, 6) is -3.20. The summed E-state index contributed by atoms with van der Waals surface area (Å²) in [5.41, 5.74) is -2.45. The Morgan fingerprint density at radius 3 is 1.62 bits per heavy atom. The van der Waals surface area contributed by atoms with Crippen LogP contribution in [0.3, 0.4) is 0 Å². The highest BCUT2D eigenvalue weighted by atomic mass is 16.3. The molecule has 0 saturated heterocycles. The van der Waals surface area contributed by atoms with E-state index in [1.807, 2.05) is 0 Å². The van der Waals surface area contributed by atoms with Gasteiger partial charge in [-0.2, -0.15) is 0 Å². The monoisotopic (exact) mass is 225 g/mol. The summed E-state index contributed by atoms with van der Waals surface area (Å²) < 4.78 is 20.5. The molecule has 0 bridgehead atoms.